The van der Waals surface area contributed by atoms with Crippen molar-refractivity contribution in [3.63, 3.8) is 0 Å². The lowest BCUT2D eigenvalue weighted by atomic mass is 10.3. The normalized spacial score (nSPS) is 11.9. The Balaban J connectivity index is 2.04. The molecule has 3 aromatic rings. The lowest BCUT2D eigenvalue weighted by Gasteiger charge is -2.10. The van der Waals surface area contributed by atoms with Gasteiger partial charge in [0, 0.05) is 18.2 Å². The number of halogens is 1. The van der Waals surface area contributed by atoms with Crippen LogP contribution >= 0.6 is 22.9 Å². The molecule has 2 aromatic carbocycles. The molecule has 0 atom stereocenters. The fraction of sp³-hybridized carbons (Fsp3) is 0.188. The fourth-order valence-electron chi connectivity index (χ4n) is 2.58. The molecule has 0 aliphatic rings. The second-order valence-electron chi connectivity index (χ2n) is 5.99. The van der Waals surface area contributed by atoms with Crippen molar-refractivity contribution in [2.24, 2.45) is 0 Å². The molecule has 0 radical (unpaired) electrons. The van der Waals surface area contributed by atoms with Gasteiger partial charge in [0.25, 0.3) is 15.7 Å². The number of non-ortho nitro benzene ring substituents is 1. The molecule has 0 amide bonds. The summed E-state index contributed by atoms with van der Waals surface area (Å²) in [4.78, 5) is 22.1. The molecule has 0 saturated heterocycles. The molecule has 0 spiro atoms. The maximum atomic E-state index is 12.7. The van der Waals surface area contributed by atoms with E-state index in [9.17, 15) is 23.3 Å². The number of benzene rings is 2. The van der Waals surface area contributed by atoms with Gasteiger partial charge in [-0.05, 0) is 38.1 Å². The number of hydrogen-bond donors (Lipinski definition) is 1. The number of aromatic nitrogens is 1. The number of thiazole rings is 1. The zero-order valence-electron chi connectivity index (χ0n) is 14.2. The van der Waals surface area contributed by atoms with E-state index in [1.54, 1.807) is 10.6 Å². The standard InChI is InChI=1S/C16H14ClN3O5S2/c1-9(2)19-14-6-4-11(8-15(14)26-16(19)21)27(24,25)18-13-7-10(20(22)23)3-5-12(13)17/h3-9,18H,1-2H3. The molecule has 0 saturated carbocycles. The first-order valence-electron chi connectivity index (χ1n) is 7.72. The fourth-order valence-corrected chi connectivity index (χ4v) is 5.03. The Morgan fingerprint density at radius 2 is 1.93 bits per heavy atom. The summed E-state index contributed by atoms with van der Waals surface area (Å²) in [5, 5.41) is 10.9. The molecule has 0 fully saturated rings. The summed E-state index contributed by atoms with van der Waals surface area (Å²) in [6, 6.07) is 7.75. The minimum Gasteiger partial charge on any atom is -0.296 e. The van der Waals surface area contributed by atoms with E-state index in [0.29, 0.717) is 10.2 Å². The van der Waals surface area contributed by atoms with Crippen LogP contribution in [-0.2, 0) is 10.0 Å². The summed E-state index contributed by atoms with van der Waals surface area (Å²) in [6.07, 6.45) is 0. The van der Waals surface area contributed by atoms with Gasteiger partial charge in [0.2, 0.25) is 0 Å². The third-order valence-electron chi connectivity index (χ3n) is 3.82. The average Bonchev–Trinajstić information content (AvgIpc) is 2.91. The number of rotatable bonds is 5. The van der Waals surface area contributed by atoms with E-state index >= 15 is 0 Å². The van der Waals surface area contributed by atoms with Crippen molar-refractivity contribution in [2.75, 3.05) is 4.72 Å². The van der Waals surface area contributed by atoms with Crippen molar-refractivity contribution < 1.29 is 13.3 Å². The predicted molar refractivity (Wildman–Crippen MR) is 105 cm³/mol. The van der Waals surface area contributed by atoms with Gasteiger partial charge in [0.1, 0.15) is 0 Å². The van der Waals surface area contributed by atoms with E-state index < -0.39 is 14.9 Å². The SMILES string of the molecule is CC(C)n1c(=O)sc2cc(S(=O)(=O)Nc3cc([N+](=O)[O-])ccc3Cl)ccc21. The Kier molecular flexibility index (Phi) is 4.98. The summed E-state index contributed by atoms with van der Waals surface area (Å²) >= 11 is 6.91. The molecular formula is C16H14ClN3O5S2. The van der Waals surface area contributed by atoms with E-state index in [-0.39, 0.29) is 32.2 Å². The second-order valence-corrected chi connectivity index (χ2v) is 9.07. The van der Waals surface area contributed by atoms with Gasteiger partial charge in [-0.15, -0.1) is 0 Å². The smallest absolute Gasteiger partial charge is 0.296 e. The van der Waals surface area contributed by atoms with Crippen molar-refractivity contribution in [3.8, 4) is 0 Å². The van der Waals surface area contributed by atoms with Gasteiger partial charge >= 0.3 is 4.87 Å². The number of fused-ring (bicyclic) bond motifs is 1. The Morgan fingerprint density at radius 3 is 2.56 bits per heavy atom. The van der Waals surface area contributed by atoms with Gasteiger partial charge in [-0.2, -0.15) is 0 Å². The highest BCUT2D eigenvalue weighted by Crippen LogP contribution is 2.30. The number of nitro benzene ring substituents is 1. The molecule has 3 rings (SSSR count). The summed E-state index contributed by atoms with van der Waals surface area (Å²) in [5.74, 6) is 0. The number of hydrogen-bond acceptors (Lipinski definition) is 6. The molecular weight excluding hydrogens is 414 g/mol. The van der Waals surface area contributed by atoms with E-state index in [1.807, 2.05) is 13.8 Å². The van der Waals surface area contributed by atoms with Gasteiger partial charge in [-0.1, -0.05) is 22.9 Å². The summed E-state index contributed by atoms with van der Waals surface area (Å²) in [5.41, 5.74) is 0.256. The van der Waals surface area contributed by atoms with Crippen molar-refractivity contribution in [1.82, 2.24) is 4.57 Å². The Morgan fingerprint density at radius 1 is 1.22 bits per heavy atom. The van der Waals surface area contributed by atoms with Gasteiger partial charge < -0.3 is 0 Å². The highest BCUT2D eigenvalue weighted by atomic mass is 35.5. The van der Waals surface area contributed by atoms with E-state index in [0.717, 1.165) is 17.4 Å². The highest BCUT2D eigenvalue weighted by molar-refractivity contribution is 7.92. The van der Waals surface area contributed by atoms with Crippen LogP contribution in [0.3, 0.4) is 0 Å². The monoisotopic (exact) mass is 427 g/mol. The van der Waals surface area contributed by atoms with Gasteiger partial charge in [-0.25, -0.2) is 8.42 Å². The molecule has 1 heterocycles. The largest absolute Gasteiger partial charge is 0.308 e. The van der Waals surface area contributed by atoms with Crippen LogP contribution in [0.15, 0.2) is 46.1 Å². The number of anilines is 1. The van der Waals surface area contributed by atoms with Crippen molar-refractivity contribution in [1.29, 1.82) is 0 Å². The molecule has 1 N–H and O–H groups in total. The van der Waals surface area contributed by atoms with Crippen LogP contribution in [0.2, 0.25) is 5.02 Å². The van der Waals surface area contributed by atoms with Crippen molar-refractivity contribution >= 4 is 54.6 Å². The van der Waals surface area contributed by atoms with Crippen LogP contribution in [0.5, 0.6) is 0 Å². The zero-order chi connectivity index (χ0) is 19.9. The minimum atomic E-state index is -4.06. The molecule has 11 heteroatoms. The maximum Gasteiger partial charge on any atom is 0.308 e. The predicted octanol–water partition coefficient (Wildman–Crippen LogP) is 4.01. The topological polar surface area (TPSA) is 111 Å². The van der Waals surface area contributed by atoms with Crippen LogP contribution in [0.4, 0.5) is 11.4 Å². The third kappa shape index (κ3) is 3.68. The van der Waals surface area contributed by atoms with Gasteiger partial charge in [-0.3, -0.25) is 24.2 Å². The summed E-state index contributed by atoms with van der Waals surface area (Å²) in [7, 11) is -4.06. The summed E-state index contributed by atoms with van der Waals surface area (Å²) in [6.45, 7) is 3.73. The van der Waals surface area contributed by atoms with Crippen LogP contribution in [0, 0.1) is 10.1 Å². The lowest BCUT2D eigenvalue weighted by molar-refractivity contribution is -0.384. The highest BCUT2D eigenvalue weighted by Gasteiger charge is 2.20. The second kappa shape index (κ2) is 6.95. The van der Waals surface area contributed by atoms with E-state index in [4.69, 9.17) is 11.6 Å². The van der Waals surface area contributed by atoms with Gasteiger partial charge in [0.05, 0.1) is 30.7 Å². The number of nitrogens with one attached hydrogen (secondary N) is 1. The molecule has 1 aromatic heterocycles. The Hall–Kier alpha value is -2.43. The van der Waals surface area contributed by atoms with Crippen LogP contribution < -0.4 is 9.60 Å². The third-order valence-corrected chi connectivity index (χ3v) is 6.43. The van der Waals surface area contributed by atoms with E-state index in [1.165, 1.54) is 24.3 Å². The zero-order valence-corrected chi connectivity index (χ0v) is 16.6. The van der Waals surface area contributed by atoms with Crippen molar-refractivity contribution in [2.45, 2.75) is 24.8 Å². The first kappa shape index (κ1) is 19.3. The van der Waals surface area contributed by atoms with Crippen LogP contribution in [0.25, 0.3) is 10.2 Å². The minimum absolute atomic E-state index is 0.0286. The van der Waals surface area contributed by atoms with Crippen LogP contribution in [-0.4, -0.2) is 17.9 Å². The molecule has 8 nitrogen and oxygen atoms in total. The Labute approximate surface area is 163 Å². The maximum absolute atomic E-state index is 12.7. The molecule has 142 valence electrons. The first-order chi connectivity index (χ1) is 12.6. The van der Waals surface area contributed by atoms with Crippen molar-refractivity contribution in [3.05, 3.63) is 61.2 Å². The lowest BCUT2D eigenvalue weighted by Crippen LogP contribution is -2.15. The van der Waals surface area contributed by atoms with Gasteiger partial charge in [0.15, 0.2) is 0 Å². The van der Waals surface area contributed by atoms with Crippen LogP contribution in [0.1, 0.15) is 19.9 Å². The number of nitrogens with zero attached hydrogens (tertiary/aromatic N) is 2. The molecule has 27 heavy (non-hydrogen) atoms. The number of nitro groups is 1. The first-order valence-corrected chi connectivity index (χ1v) is 10.4. The molecule has 0 aliphatic carbocycles. The Bertz CT molecular complexity index is 1210. The molecule has 0 unspecified atom stereocenters. The molecule has 0 bridgehead atoms. The quantitative estimate of drug-likeness (QED) is 0.488. The average molecular weight is 428 g/mol. The number of sulfonamides is 1. The van der Waals surface area contributed by atoms with E-state index in [2.05, 4.69) is 4.72 Å². The summed E-state index contributed by atoms with van der Waals surface area (Å²) < 4.78 is 29.7. The molecule has 0 aliphatic heterocycles.